The highest BCUT2D eigenvalue weighted by molar-refractivity contribution is 7.39. The zero-order chi connectivity index (χ0) is 11.4. The lowest BCUT2D eigenvalue weighted by Gasteiger charge is -1.94. The third kappa shape index (κ3) is 14.6. The van der Waals surface area contributed by atoms with E-state index < -0.39 is 8.03 Å². The van der Waals surface area contributed by atoms with Crippen molar-refractivity contribution in [2.75, 3.05) is 12.8 Å². The van der Waals surface area contributed by atoms with Crippen LogP contribution in [0.15, 0.2) is 0 Å². The quantitative estimate of drug-likeness (QED) is 0.322. The Bertz CT molecular complexity index is 154. The standard InChI is InChI=1S/C12H26O2P.Al.3H/c1-3-5-7-9-11-14-15(13)12-10-8-6-4-2;;;;/h3-12H2,1-2H3;;;;/q+1;;;;. The summed E-state index contributed by atoms with van der Waals surface area (Å²) in [6.07, 6.45) is 10.2. The van der Waals surface area contributed by atoms with Crippen LogP contribution in [-0.2, 0) is 9.09 Å². The monoisotopic (exact) mass is 263 g/mol. The van der Waals surface area contributed by atoms with Crippen LogP contribution >= 0.6 is 8.03 Å². The van der Waals surface area contributed by atoms with Gasteiger partial charge in [-0.1, -0.05) is 46.0 Å². The van der Waals surface area contributed by atoms with Crippen molar-refractivity contribution >= 4 is 25.4 Å². The van der Waals surface area contributed by atoms with Crippen LogP contribution in [0.1, 0.15) is 65.2 Å². The minimum Gasteiger partial charge on any atom is -0.146 e. The highest BCUT2D eigenvalue weighted by Crippen LogP contribution is 2.24. The van der Waals surface area contributed by atoms with Crippen molar-refractivity contribution in [3.05, 3.63) is 0 Å². The fourth-order valence-corrected chi connectivity index (χ4v) is 2.37. The second-order valence-corrected chi connectivity index (χ2v) is 5.38. The van der Waals surface area contributed by atoms with Crippen LogP contribution in [0.4, 0.5) is 0 Å². The summed E-state index contributed by atoms with van der Waals surface area (Å²) in [5.74, 6) is 0. The van der Waals surface area contributed by atoms with Crippen LogP contribution in [-0.4, -0.2) is 30.1 Å². The average molecular weight is 263 g/mol. The van der Waals surface area contributed by atoms with Crippen LogP contribution in [0.3, 0.4) is 0 Å². The molecule has 1 atom stereocenters. The van der Waals surface area contributed by atoms with Gasteiger partial charge in [0.05, 0.1) is 0 Å². The maximum Gasteiger partial charge on any atom is 0.508 e. The summed E-state index contributed by atoms with van der Waals surface area (Å²) in [6, 6.07) is 0. The molecular weight excluding hydrogens is 234 g/mol. The van der Waals surface area contributed by atoms with E-state index in [1.54, 1.807) is 0 Å². The van der Waals surface area contributed by atoms with Crippen molar-refractivity contribution < 1.29 is 9.09 Å². The van der Waals surface area contributed by atoms with E-state index in [9.17, 15) is 4.57 Å². The van der Waals surface area contributed by atoms with E-state index >= 15 is 0 Å². The lowest BCUT2D eigenvalue weighted by molar-refractivity contribution is 0.316. The second kappa shape index (κ2) is 15.6. The molecule has 0 aliphatic carbocycles. The molecule has 0 bridgehead atoms. The molecule has 0 saturated carbocycles. The Balaban J connectivity index is 0. The molecule has 4 heteroatoms. The fraction of sp³-hybridized carbons (Fsp3) is 1.00. The van der Waals surface area contributed by atoms with Gasteiger partial charge in [0.15, 0.2) is 23.5 Å². The first-order chi connectivity index (χ1) is 7.31. The van der Waals surface area contributed by atoms with Crippen molar-refractivity contribution in [2.45, 2.75) is 65.2 Å². The van der Waals surface area contributed by atoms with Crippen molar-refractivity contribution in [1.82, 2.24) is 0 Å². The second-order valence-electron chi connectivity index (χ2n) is 4.01. The molecule has 0 amide bonds. The zero-order valence-electron chi connectivity index (χ0n) is 10.3. The normalized spacial score (nSPS) is 11.0. The summed E-state index contributed by atoms with van der Waals surface area (Å²) >= 11 is 0. The van der Waals surface area contributed by atoms with E-state index in [1.165, 1.54) is 38.5 Å². The van der Waals surface area contributed by atoms with E-state index in [1.807, 2.05) is 0 Å². The molecule has 0 fully saturated rings. The molecule has 16 heavy (non-hydrogen) atoms. The maximum absolute atomic E-state index is 11.4. The molecule has 0 aromatic rings. The van der Waals surface area contributed by atoms with Gasteiger partial charge in [-0.05, 0) is 23.8 Å². The minimum atomic E-state index is -1.37. The number of hydrogen-bond acceptors (Lipinski definition) is 2. The average Bonchev–Trinajstić information content (AvgIpc) is 2.24. The first-order valence-corrected chi connectivity index (χ1v) is 7.75. The molecule has 0 rings (SSSR count). The summed E-state index contributed by atoms with van der Waals surface area (Å²) in [7, 11) is -1.37. The molecule has 96 valence electrons. The summed E-state index contributed by atoms with van der Waals surface area (Å²) in [4.78, 5) is 0. The Kier molecular flexibility index (Phi) is 18.5. The van der Waals surface area contributed by atoms with Gasteiger partial charge in [-0.3, -0.25) is 0 Å². The summed E-state index contributed by atoms with van der Waals surface area (Å²) in [6.45, 7) is 5.06. The van der Waals surface area contributed by atoms with Crippen molar-refractivity contribution in [2.24, 2.45) is 0 Å². The fourth-order valence-electron chi connectivity index (χ4n) is 1.43. The molecule has 1 unspecified atom stereocenters. The smallest absolute Gasteiger partial charge is 0.146 e. The highest BCUT2D eigenvalue weighted by atomic mass is 31.1. The Morgan fingerprint density at radius 3 is 2.00 bits per heavy atom. The van der Waals surface area contributed by atoms with Gasteiger partial charge in [-0.25, -0.2) is 0 Å². The van der Waals surface area contributed by atoms with Crippen LogP contribution in [0.2, 0.25) is 0 Å². The van der Waals surface area contributed by atoms with Gasteiger partial charge in [0.2, 0.25) is 0 Å². The molecule has 0 aromatic heterocycles. The third-order valence-electron chi connectivity index (χ3n) is 2.43. The minimum absolute atomic E-state index is 0. The summed E-state index contributed by atoms with van der Waals surface area (Å²) in [5, 5.41) is 0. The number of unbranched alkanes of at least 4 members (excludes halogenated alkanes) is 6. The zero-order valence-corrected chi connectivity index (χ0v) is 11.2. The van der Waals surface area contributed by atoms with Crippen LogP contribution in [0.5, 0.6) is 0 Å². The molecule has 2 nitrogen and oxygen atoms in total. The van der Waals surface area contributed by atoms with E-state index in [-0.39, 0.29) is 17.4 Å². The van der Waals surface area contributed by atoms with Crippen LogP contribution < -0.4 is 0 Å². The van der Waals surface area contributed by atoms with Gasteiger partial charge in [0, 0.05) is 0 Å². The Morgan fingerprint density at radius 1 is 0.875 bits per heavy atom. The van der Waals surface area contributed by atoms with Crippen LogP contribution in [0.25, 0.3) is 0 Å². The van der Waals surface area contributed by atoms with E-state index in [2.05, 4.69) is 13.8 Å². The lowest BCUT2D eigenvalue weighted by atomic mass is 10.2. The molecule has 0 aliphatic rings. The SMILES string of the molecule is CCCCCCO[P+](=O)CCCCCC.[AlH3]. The molecule has 0 radical (unpaired) electrons. The number of hydrogen-bond donors (Lipinski definition) is 0. The van der Waals surface area contributed by atoms with Gasteiger partial charge in [0.1, 0.15) is 6.61 Å². The van der Waals surface area contributed by atoms with Gasteiger partial charge < -0.3 is 0 Å². The molecule has 0 heterocycles. The van der Waals surface area contributed by atoms with Gasteiger partial charge >= 0.3 is 8.03 Å². The molecule has 0 spiro atoms. The highest BCUT2D eigenvalue weighted by Gasteiger charge is 2.15. The molecule has 0 N–H and O–H groups in total. The van der Waals surface area contributed by atoms with E-state index in [4.69, 9.17) is 4.52 Å². The first kappa shape index (κ1) is 18.9. The molecule has 0 saturated heterocycles. The lowest BCUT2D eigenvalue weighted by Crippen LogP contribution is -1.89. The molecular formula is C12H29AlO2P+. The molecule has 0 aliphatic heterocycles. The van der Waals surface area contributed by atoms with Crippen molar-refractivity contribution in [3.63, 3.8) is 0 Å². The van der Waals surface area contributed by atoms with Crippen molar-refractivity contribution in [3.8, 4) is 0 Å². The Hall–Kier alpha value is 0.592. The first-order valence-electron chi connectivity index (χ1n) is 6.38. The van der Waals surface area contributed by atoms with Gasteiger partial charge in [-0.15, -0.1) is 4.52 Å². The van der Waals surface area contributed by atoms with E-state index in [0.717, 1.165) is 19.0 Å². The maximum atomic E-state index is 11.4. The van der Waals surface area contributed by atoms with Crippen LogP contribution in [0, 0.1) is 0 Å². The third-order valence-corrected chi connectivity index (χ3v) is 3.58. The topological polar surface area (TPSA) is 26.3 Å². The predicted molar refractivity (Wildman–Crippen MR) is 76.6 cm³/mol. The number of rotatable bonds is 11. The molecule has 0 aromatic carbocycles. The van der Waals surface area contributed by atoms with Crippen molar-refractivity contribution in [1.29, 1.82) is 0 Å². The van der Waals surface area contributed by atoms with Gasteiger partial charge in [0.25, 0.3) is 0 Å². The Morgan fingerprint density at radius 2 is 1.44 bits per heavy atom. The Labute approximate surface area is 113 Å². The largest absolute Gasteiger partial charge is 0.508 e. The predicted octanol–water partition coefficient (Wildman–Crippen LogP) is 3.72. The summed E-state index contributed by atoms with van der Waals surface area (Å²) < 4.78 is 16.6. The summed E-state index contributed by atoms with van der Waals surface area (Å²) in [5.41, 5.74) is 0. The van der Waals surface area contributed by atoms with E-state index in [0.29, 0.717) is 6.61 Å². The van der Waals surface area contributed by atoms with Gasteiger partial charge in [-0.2, -0.15) is 0 Å².